The minimum absolute atomic E-state index is 0.0487. The van der Waals surface area contributed by atoms with Gasteiger partial charge < -0.3 is 15.2 Å². The van der Waals surface area contributed by atoms with Crippen LogP contribution in [0.15, 0.2) is 48.5 Å². The number of carboxylic acids is 1. The molecule has 1 atom stereocenters. The van der Waals surface area contributed by atoms with Crippen molar-refractivity contribution < 1.29 is 32.6 Å². The molecule has 0 aromatic heterocycles. The van der Waals surface area contributed by atoms with Crippen molar-refractivity contribution in [3.05, 3.63) is 65.2 Å². The minimum Gasteiger partial charge on any atom is -0.497 e. The smallest absolute Gasteiger partial charge is 0.416 e. The maximum absolute atomic E-state index is 12.6. The van der Waals surface area contributed by atoms with Crippen LogP contribution in [0, 0.1) is 0 Å². The lowest BCUT2D eigenvalue weighted by Gasteiger charge is -2.18. The molecular formula is C20H20F3NO4. The van der Waals surface area contributed by atoms with Crippen molar-refractivity contribution >= 4 is 11.9 Å². The van der Waals surface area contributed by atoms with Crippen molar-refractivity contribution in [2.75, 3.05) is 7.11 Å². The van der Waals surface area contributed by atoms with Gasteiger partial charge in [0.1, 0.15) is 5.75 Å². The van der Waals surface area contributed by atoms with E-state index in [4.69, 9.17) is 9.84 Å². The fraction of sp³-hybridized carbons (Fsp3) is 0.300. The van der Waals surface area contributed by atoms with Crippen molar-refractivity contribution in [1.29, 1.82) is 0 Å². The van der Waals surface area contributed by atoms with E-state index < -0.39 is 23.8 Å². The zero-order chi connectivity index (χ0) is 20.7. The first kappa shape index (κ1) is 21.3. The number of ether oxygens (including phenoxy) is 1. The summed E-state index contributed by atoms with van der Waals surface area (Å²) in [7, 11) is 1.53. The highest BCUT2D eigenvalue weighted by Gasteiger charge is 2.30. The molecule has 0 heterocycles. The molecule has 0 saturated carbocycles. The number of halogens is 3. The highest BCUT2D eigenvalue weighted by molar-refractivity contribution is 5.79. The van der Waals surface area contributed by atoms with Crippen LogP contribution in [0.5, 0.6) is 5.75 Å². The van der Waals surface area contributed by atoms with E-state index in [1.165, 1.54) is 19.2 Å². The average Bonchev–Trinajstić information content (AvgIpc) is 2.61. The van der Waals surface area contributed by atoms with Gasteiger partial charge in [0.15, 0.2) is 0 Å². The standard InChI is InChI=1S/C20H20F3NO4/c1-28-17-8-4-14(5-9-17)11-18(25)24-16(12-19(26)27)10-13-2-6-15(7-3-13)20(21,22)23/h2-9,16H,10-12H2,1H3,(H,24,25)(H,26,27)/t16-/m0/s1. The Morgan fingerprint density at radius 2 is 1.61 bits per heavy atom. The zero-order valence-corrected chi connectivity index (χ0v) is 15.1. The first-order valence-corrected chi connectivity index (χ1v) is 8.47. The number of hydrogen-bond donors (Lipinski definition) is 2. The summed E-state index contributed by atoms with van der Waals surface area (Å²) in [4.78, 5) is 23.3. The number of carbonyl (C=O) groups is 2. The summed E-state index contributed by atoms with van der Waals surface area (Å²) in [6, 6.07) is 10.6. The topological polar surface area (TPSA) is 75.6 Å². The first-order chi connectivity index (χ1) is 13.2. The van der Waals surface area contributed by atoms with Crippen LogP contribution in [0.1, 0.15) is 23.1 Å². The van der Waals surface area contributed by atoms with Crippen molar-refractivity contribution in [2.24, 2.45) is 0 Å². The quantitative estimate of drug-likeness (QED) is 0.718. The van der Waals surface area contributed by atoms with Crippen LogP contribution in [0.3, 0.4) is 0 Å². The van der Waals surface area contributed by atoms with E-state index in [-0.39, 0.29) is 25.2 Å². The number of rotatable bonds is 8. The fourth-order valence-electron chi connectivity index (χ4n) is 2.71. The molecule has 150 valence electrons. The number of aliphatic carboxylic acids is 1. The van der Waals surface area contributed by atoms with Gasteiger partial charge in [0.2, 0.25) is 5.91 Å². The van der Waals surface area contributed by atoms with E-state index in [0.29, 0.717) is 11.3 Å². The Kier molecular flexibility index (Phi) is 7.03. The predicted octanol–water partition coefficient (Wildman–Crippen LogP) is 3.46. The Bertz CT molecular complexity index is 802. The monoisotopic (exact) mass is 395 g/mol. The summed E-state index contributed by atoms with van der Waals surface area (Å²) in [5, 5.41) is 11.7. The number of carbonyl (C=O) groups excluding carboxylic acids is 1. The molecule has 2 aromatic rings. The highest BCUT2D eigenvalue weighted by Crippen LogP contribution is 2.29. The number of nitrogens with one attached hydrogen (secondary N) is 1. The Morgan fingerprint density at radius 3 is 2.11 bits per heavy atom. The van der Waals surface area contributed by atoms with Crippen molar-refractivity contribution in [3.8, 4) is 5.75 Å². The Morgan fingerprint density at radius 1 is 1.04 bits per heavy atom. The Hall–Kier alpha value is -3.03. The fourth-order valence-corrected chi connectivity index (χ4v) is 2.71. The van der Waals surface area contributed by atoms with Gasteiger partial charge in [-0.3, -0.25) is 9.59 Å². The van der Waals surface area contributed by atoms with Gasteiger partial charge in [-0.1, -0.05) is 24.3 Å². The molecule has 0 spiro atoms. The van der Waals surface area contributed by atoms with Gasteiger partial charge in [0.05, 0.1) is 25.5 Å². The van der Waals surface area contributed by atoms with E-state index in [0.717, 1.165) is 17.7 Å². The molecule has 28 heavy (non-hydrogen) atoms. The molecule has 0 fully saturated rings. The number of benzene rings is 2. The third-order valence-electron chi connectivity index (χ3n) is 4.07. The van der Waals surface area contributed by atoms with Crippen LogP contribution < -0.4 is 10.1 Å². The molecule has 0 aliphatic carbocycles. The van der Waals surface area contributed by atoms with E-state index >= 15 is 0 Å². The second-order valence-electron chi connectivity index (χ2n) is 6.29. The second-order valence-corrected chi connectivity index (χ2v) is 6.29. The van der Waals surface area contributed by atoms with E-state index in [1.807, 2.05) is 0 Å². The van der Waals surface area contributed by atoms with Gasteiger partial charge in [0, 0.05) is 6.04 Å². The maximum Gasteiger partial charge on any atom is 0.416 e. The summed E-state index contributed by atoms with van der Waals surface area (Å²) in [6.07, 6.45) is -4.62. The van der Waals surface area contributed by atoms with Crippen LogP contribution in [-0.2, 0) is 28.6 Å². The number of carboxylic acid groups (broad SMARTS) is 1. The highest BCUT2D eigenvalue weighted by atomic mass is 19.4. The van der Waals surface area contributed by atoms with Crippen LogP contribution in [0.25, 0.3) is 0 Å². The van der Waals surface area contributed by atoms with Gasteiger partial charge in [-0.15, -0.1) is 0 Å². The molecule has 0 radical (unpaired) electrons. The molecule has 2 rings (SSSR count). The summed E-state index contributed by atoms with van der Waals surface area (Å²) in [6.45, 7) is 0. The Labute approximate surface area is 160 Å². The normalized spacial score (nSPS) is 12.3. The lowest BCUT2D eigenvalue weighted by atomic mass is 10.0. The summed E-state index contributed by atoms with van der Waals surface area (Å²) in [5.74, 6) is -0.833. The zero-order valence-electron chi connectivity index (χ0n) is 15.1. The molecule has 2 aromatic carbocycles. The molecule has 1 amide bonds. The van der Waals surface area contributed by atoms with Crippen LogP contribution in [0.4, 0.5) is 13.2 Å². The minimum atomic E-state index is -4.44. The number of alkyl halides is 3. The molecule has 0 saturated heterocycles. The van der Waals surface area contributed by atoms with Crippen LogP contribution in [-0.4, -0.2) is 30.1 Å². The van der Waals surface area contributed by atoms with Crippen molar-refractivity contribution in [2.45, 2.75) is 31.5 Å². The lowest BCUT2D eigenvalue weighted by Crippen LogP contribution is -2.39. The maximum atomic E-state index is 12.6. The third-order valence-corrected chi connectivity index (χ3v) is 4.07. The summed E-state index contributed by atoms with van der Waals surface area (Å²) < 4.78 is 43.0. The molecule has 0 aliphatic heterocycles. The molecule has 5 nitrogen and oxygen atoms in total. The van der Waals surface area contributed by atoms with Gasteiger partial charge in [0.25, 0.3) is 0 Å². The summed E-state index contributed by atoms with van der Waals surface area (Å²) >= 11 is 0. The number of methoxy groups -OCH3 is 1. The largest absolute Gasteiger partial charge is 0.497 e. The van der Waals surface area contributed by atoms with Crippen LogP contribution >= 0.6 is 0 Å². The molecule has 0 unspecified atom stereocenters. The molecule has 8 heteroatoms. The third kappa shape index (κ3) is 6.61. The van der Waals surface area contributed by atoms with Gasteiger partial charge in [-0.05, 0) is 41.8 Å². The number of hydrogen-bond acceptors (Lipinski definition) is 3. The first-order valence-electron chi connectivity index (χ1n) is 8.47. The molecule has 0 aliphatic rings. The van der Waals surface area contributed by atoms with E-state index in [1.54, 1.807) is 24.3 Å². The van der Waals surface area contributed by atoms with E-state index in [9.17, 15) is 22.8 Å². The number of amides is 1. The molecular weight excluding hydrogens is 375 g/mol. The molecule has 2 N–H and O–H groups in total. The lowest BCUT2D eigenvalue weighted by molar-refractivity contribution is -0.138. The van der Waals surface area contributed by atoms with Crippen LogP contribution in [0.2, 0.25) is 0 Å². The van der Waals surface area contributed by atoms with Crippen molar-refractivity contribution in [1.82, 2.24) is 5.32 Å². The van der Waals surface area contributed by atoms with Gasteiger partial charge >= 0.3 is 12.1 Å². The van der Waals surface area contributed by atoms with Gasteiger partial charge in [-0.25, -0.2) is 0 Å². The summed E-state index contributed by atoms with van der Waals surface area (Å²) in [5.41, 5.74) is 0.445. The van der Waals surface area contributed by atoms with Crippen molar-refractivity contribution in [3.63, 3.8) is 0 Å². The second kappa shape index (κ2) is 9.25. The predicted molar refractivity (Wildman–Crippen MR) is 96.0 cm³/mol. The average molecular weight is 395 g/mol. The molecule has 0 bridgehead atoms. The Balaban J connectivity index is 2.01. The van der Waals surface area contributed by atoms with E-state index in [2.05, 4.69) is 5.32 Å². The SMILES string of the molecule is COc1ccc(CC(=O)N[C@H](CC(=O)O)Cc2ccc(C(F)(F)F)cc2)cc1. The van der Waals surface area contributed by atoms with Gasteiger partial charge in [-0.2, -0.15) is 13.2 Å².